The van der Waals surface area contributed by atoms with E-state index in [1.807, 2.05) is 0 Å². The highest BCUT2D eigenvalue weighted by atomic mass is 19.1. The summed E-state index contributed by atoms with van der Waals surface area (Å²) in [6.45, 7) is 0. The van der Waals surface area contributed by atoms with Crippen LogP contribution in [-0.4, -0.2) is 12.1 Å². The largest absolute Gasteiger partial charge is 0.481 e. The van der Waals surface area contributed by atoms with Crippen LogP contribution in [-0.2, 0) is 0 Å². The van der Waals surface area contributed by atoms with Crippen molar-refractivity contribution in [2.45, 2.75) is 6.04 Å². The molecule has 4 nitrogen and oxygen atoms in total. The second-order valence-corrected chi connectivity index (χ2v) is 3.84. The molecule has 0 spiro atoms. The lowest BCUT2D eigenvalue weighted by Gasteiger charge is -2.19. The van der Waals surface area contributed by atoms with Crippen LogP contribution in [0.3, 0.4) is 0 Å². The SMILES string of the molecule is COc1ncccc1C(NN)c1c(F)cccc1F. The van der Waals surface area contributed by atoms with Gasteiger partial charge in [0.1, 0.15) is 11.6 Å². The van der Waals surface area contributed by atoms with Gasteiger partial charge in [-0.3, -0.25) is 5.84 Å². The Morgan fingerprint density at radius 3 is 2.47 bits per heavy atom. The predicted octanol–water partition coefficient (Wildman–Crippen LogP) is 1.92. The minimum Gasteiger partial charge on any atom is -0.481 e. The fraction of sp³-hybridized carbons (Fsp3) is 0.154. The van der Waals surface area contributed by atoms with Gasteiger partial charge in [-0.25, -0.2) is 19.2 Å². The highest BCUT2D eigenvalue weighted by molar-refractivity contribution is 5.38. The molecular formula is C13H13F2N3O. The summed E-state index contributed by atoms with van der Waals surface area (Å²) in [5.74, 6) is 4.32. The molecule has 0 aliphatic carbocycles. The Balaban J connectivity index is 2.57. The van der Waals surface area contributed by atoms with E-state index in [2.05, 4.69) is 10.4 Å². The van der Waals surface area contributed by atoms with E-state index in [0.717, 1.165) is 0 Å². The number of pyridine rings is 1. The van der Waals surface area contributed by atoms with E-state index in [4.69, 9.17) is 10.6 Å². The van der Waals surface area contributed by atoms with Crippen LogP contribution in [0.1, 0.15) is 17.2 Å². The third-order valence-electron chi connectivity index (χ3n) is 2.76. The van der Waals surface area contributed by atoms with Crippen molar-refractivity contribution in [2.24, 2.45) is 5.84 Å². The number of rotatable bonds is 4. The van der Waals surface area contributed by atoms with E-state index in [1.165, 1.54) is 31.5 Å². The highest BCUT2D eigenvalue weighted by Gasteiger charge is 2.24. The predicted molar refractivity (Wildman–Crippen MR) is 66.3 cm³/mol. The molecule has 0 fully saturated rings. The summed E-state index contributed by atoms with van der Waals surface area (Å²) in [7, 11) is 1.43. The molecule has 19 heavy (non-hydrogen) atoms. The Bertz CT molecular complexity index is 557. The van der Waals surface area contributed by atoms with Crippen molar-refractivity contribution in [3.63, 3.8) is 0 Å². The Labute approximate surface area is 109 Å². The number of aromatic nitrogens is 1. The van der Waals surface area contributed by atoms with Crippen molar-refractivity contribution in [3.8, 4) is 5.88 Å². The first-order valence-electron chi connectivity index (χ1n) is 5.58. The molecule has 3 N–H and O–H groups in total. The van der Waals surface area contributed by atoms with E-state index in [1.54, 1.807) is 12.1 Å². The second-order valence-electron chi connectivity index (χ2n) is 3.84. The molecule has 0 amide bonds. The summed E-state index contributed by atoms with van der Waals surface area (Å²) in [6, 6.07) is 6.03. The molecule has 2 aromatic rings. The van der Waals surface area contributed by atoms with Crippen LogP contribution in [0.2, 0.25) is 0 Å². The topological polar surface area (TPSA) is 60.2 Å². The standard InChI is InChI=1S/C13H13F2N3O/c1-19-13-8(4-3-7-17-13)12(18-16)11-9(14)5-2-6-10(11)15/h2-7,12,18H,16H2,1H3. The minimum atomic E-state index is -0.884. The fourth-order valence-corrected chi connectivity index (χ4v) is 1.91. The van der Waals surface area contributed by atoms with Crippen LogP contribution < -0.4 is 16.0 Å². The number of hydrogen-bond acceptors (Lipinski definition) is 4. The van der Waals surface area contributed by atoms with Gasteiger partial charge in [-0.1, -0.05) is 12.1 Å². The summed E-state index contributed by atoms with van der Waals surface area (Å²) in [6.07, 6.45) is 1.52. The van der Waals surface area contributed by atoms with Crippen LogP contribution in [0.25, 0.3) is 0 Å². The number of methoxy groups -OCH3 is 1. The lowest BCUT2D eigenvalue weighted by atomic mass is 9.99. The van der Waals surface area contributed by atoms with E-state index >= 15 is 0 Å². The average Bonchev–Trinajstić information content (AvgIpc) is 2.43. The zero-order valence-electron chi connectivity index (χ0n) is 10.2. The summed E-state index contributed by atoms with van der Waals surface area (Å²) in [5.41, 5.74) is 2.68. The first-order valence-corrected chi connectivity index (χ1v) is 5.58. The number of hydrogen-bond donors (Lipinski definition) is 2. The fourth-order valence-electron chi connectivity index (χ4n) is 1.91. The maximum atomic E-state index is 13.8. The molecule has 100 valence electrons. The van der Waals surface area contributed by atoms with E-state index in [9.17, 15) is 8.78 Å². The molecule has 1 unspecified atom stereocenters. The smallest absolute Gasteiger partial charge is 0.218 e. The molecule has 1 heterocycles. The molecule has 0 radical (unpaired) electrons. The van der Waals surface area contributed by atoms with Gasteiger partial charge in [0.05, 0.1) is 13.2 Å². The van der Waals surface area contributed by atoms with Crippen molar-refractivity contribution >= 4 is 0 Å². The zero-order valence-corrected chi connectivity index (χ0v) is 10.2. The molecule has 0 aliphatic heterocycles. The van der Waals surface area contributed by atoms with Crippen LogP contribution in [0.5, 0.6) is 5.88 Å². The first-order chi connectivity index (χ1) is 9.19. The van der Waals surface area contributed by atoms with E-state index in [-0.39, 0.29) is 11.4 Å². The van der Waals surface area contributed by atoms with Gasteiger partial charge in [-0.05, 0) is 18.2 Å². The summed E-state index contributed by atoms with van der Waals surface area (Å²) < 4.78 is 32.7. The van der Waals surface area contributed by atoms with Gasteiger partial charge in [0, 0.05) is 17.3 Å². The Morgan fingerprint density at radius 1 is 1.21 bits per heavy atom. The Kier molecular flexibility index (Phi) is 4.03. The zero-order chi connectivity index (χ0) is 13.8. The van der Waals surface area contributed by atoms with Crippen molar-refractivity contribution in [2.75, 3.05) is 7.11 Å². The number of ether oxygens (including phenoxy) is 1. The molecule has 1 atom stereocenters. The van der Waals surface area contributed by atoms with Crippen molar-refractivity contribution in [1.29, 1.82) is 0 Å². The number of nitrogens with two attached hydrogens (primary N) is 1. The molecule has 6 heteroatoms. The van der Waals surface area contributed by atoms with E-state index < -0.39 is 17.7 Å². The Morgan fingerprint density at radius 2 is 1.89 bits per heavy atom. The number of nitrogens with zero attached hydrogens (tertiary/aromatic N) is 1. The van der Waals surface area contributed by atoms with Crippen LogP contribution in [0, 0.1) is 11.6 Å². The Hall–Kier alpha value is -2.05. The van der Waals surface area contributed by atoms with Crippen LogP contribution in [0.4, 0.5) is 8.78 Å². The highest BCUT2D eigenvalue weighted by Crippen LogP contribution is 2.30. The third-order valence-corrected chi connectivity index (χ3v) is 2.76. The molecule has 2 rings (SSSR count). The van der Waals surface area contributed by atoms with Crippen molar-refractivity contribution in [3.05, 3.63) is 59.3 Å². The van der Waals surface area contributed by atoms with Gasteiger partial charge < -0.3 is 4.74 Å². The van der Waals surface area contributed by atoms with Gasteiger partial charge in [-0.15, -0.1) is 0 Å². The van der Waals surface area contributed by atoms with Gasteiger partial charge in [-0.2, -0.15) is 0 Å². The summed E-state index contributed by atoms with van der Waals surface area (Å²) >= 11 is 0. The number of nitrogens with one attached hydrogen (secondary N) is 1. The lowest BCUT2D eigenvalue weighted by Crippen LogP contribution is -2.30. The maximum Gasteiger partial charge on any atom is 0.218 e. The molecule has 0 aliphatic rings. The van der Waals surface area contributed by atoms with Crippen LogP contribution in [0.15, 0.2) is 36.5 Å². The molecule has 1 aromatic carbocycles. The quantitative estimate of drug-likeness (QED) is 0.655. The first kappa shape index (κ1) is 13.4. The normalized spacial score (nSPS) is 12.2. The summed E-state index contributed by atoms with van der Waals surface area (Å²) in [4.78, 5) is 3.99. The minimum absolute atomic E-state index is 0.170. The van der Waals surface area contributed by atoms with Crippen molar-refractivity contribution in [1.82, 2.24) is 10.4 Å². The summed E-state index contributed by atoms with van der Waals surface area (Å²) in [5, 5.41) is 0. The molecule has 0 bridgehead atoms. The molecule has 0 saturated carbocycles. The second kappa shape index (κ2) is 5.73. The maximum absolute atomic E-state index is 13.8. The number of hydrazine groups is 1. The van der Waals surface area contributed by atoms with Gasteiger partial charge >= 0.3 is 0 Å². The van der Waals surface area contributed by atoms with Crippen molar-refractivity contribution < 1.29 is 13.5 Å². The molecular weight excluding hydrogens is 252 g/mol. The molecule has 1 aromatic heterocycles. The number of benzene rings is 1. The van der Waals surface area contributed by atoms with Gasteiger partial charge in [0.25, 0.3) is 0 Å². The van der Waals surface area contributed by atoms with E-state index in [0.29, 0.717) is 5.56 Å². The average molecular weight is 265 g/mol. The molecule has 0 saturated heterocycles. The van der Waals surface area contributed by atoms with Gasteiger partial charge in [0.2, 0.25) is 5.88 Å². The lowest BCUT2D eigenvalue weighted by molar-refractivity contribution is 0.385. The van der Waals surface area contributed by atoms with Crippen LogP contribution >= 0.6 is 0 Å². The monoisotopic (exact) mass is 265 g/mol. The number of halogens is 2. The van der Waals surface area contributed by atoms with Gasteiger partial charge in [0.15, 0.2) is 0 Å². The third kappa shape index (κ3) is 2.54.